The molecule has 2 aromatic heterocycles. The Labute approximate surface area is 184 Å². The van der Waals surface area contributed by atoms with E-state index >= 15 is 0 Å². The van der Waals surface area contributed by atoms with Gasteiger partial charge in [0.1, 0.15) is 17.8 Å². The van der Waals surface area contributed by atoms with Gasteiger partial charge in [-0.3, -0.25) is 0 Å². The maximum Gasteiger partial charge on any atom is 0.225 e. The molecule has 2 fully saturated rings. The van der Waals surface area contributed by atoms with Crippen molar-refractivity contribution < 1.29 is 9.13 Å². The first-order valence-corrected chi connectivity index (χ1v) is 10.9. The van der Waals surface area contributed by atoms with Gasteiger partial charge in [-0.25, -0.2) is 14.4 Å². The van der Waals surface area contributed by atoms with Crippen LogP contribution in [0, 0.1) is 23.6 Å². The molecule has 0 spiro atoms. The number of aromatic nitrogens is 6. The fourth-order valence-electron chi connectivity index (χ4n) is 4.54. The number of tetrazole rings is 1. The van der Waals surface area contributed by atoms with Gasteiger partial charge in [-0.1, -0.05) is 11.6 Å². The lowest BCUT2D eigenvalue weighted by atomic mass is 9.90. The van der Waals surface area contributed by atoms with Crippen molar-refractivity contribution in [1.82, 2.24) is 30.2 Å². The zero-order chi connectivity index (χ0) is 21.2. The average molecular weight is 444 g/mol. The molecule has 31 heavy (non-hydrogen) atoms. The van der Waals surface area contributed by atoms with E-state index < -0.39 is 5.82 Å². The van der Waals surface area contributed by atoms with E-state index in [2.05, 4.69) is 30.4 Å². The molecular weight excluding hydrogens is 421 g/mol. The van der Waals surface area contributed by atoms with E-state index in [0.717, 1.165) is 50.1 Å². The summed E-state index contributed by atoms with van der Waals surface area (Å²) in [6.45, 7) is 2.57. The standard InChI is InChI=1S/C21H23ClFN7O/c22-16-11-24-21(25-12-16)29-6-3-14(4-7-29)18-9-15(18)5-8-31-17-1-2-20(19(23)10-17)30-13-26-27-28-30/h1-2,10-15,18H,3-9H2/t15-,18-/m1/s1. The van der Waals surface area contributed by atoms with E-state index in [1.807, 2.05) is 0 Å². The van der Waals surface area contributed by atoms with Crippen LogP contribution in [-0.4, -0.2) is 49.9 Å². The lowest BCUT2D eigenvalue weighted by Crippen LogP contribution is -2.35. The highest BCUT2D eigenvalue weighted by Gasteiger charge is 2.43. The SMILES string of the molecule is Fc1cc(OCC[C@@H]2C[C@@H]2C2CCN(c3ncc(Cl)cn3)CC2)ccc1-n1cnnn1. The van der Waals surface area contributed by atoms with Gasteiger partial charge >= 0.3 is 0 Å². The predicted octanol–water partition coefficient (Wildman–Crippen LogP) is 3.57. The third-order valence-corrected chi connectivity index (χ3v) is 6.48. The summed E-state index contributed by atoms with van der Waals surface area (Å²) in [5.74, 6) is 3.11. The maximum atomic E-state index is 14.3. The van der Waals surface area contributed by atoms with Crippen LogP contribution in [0.2, 0.25) is 5.02 Å². The van der Waals surface area contributed by atoms with Gasteiger partial charge in [0.2, 0.25) is 5.95 Å². The summed E-state index contributed by atoms with van der Waals surface area (Å²) in [7, 11) is 0. The van der Waals surface area contributed by atoms with E-state index in [-0.39, 0.29) is 0 Å². The molecule has 0 radical (unpaired) electrons. The Morgan fingerprint density at radius 1 is 1.16 bits per heavy atom. The highest BCUT2D eigenvalue weighted by Crippen LogP contribution is 2.49. The molecular formula is C21H23ClFN7O. The molecule has 1 saturated heterocycles. The number of benzene rings is 1. The quantitative estimate of drug-likeness (QED) is 0.552. The largest absolute Gasteiger partial charge is 0.493 e. The van der Waals surface area contributed by atoms with Crippen molar-refractivity contribution >= 4 is 17.5 Å². The van der Waals surface area contributed by atoms with E-state index in [1.54, 1.807) is 24.5 Å². The van der Waals surface area contributed by atoms with Crippen molar-refractivity contribution in [3.8, 4) is 11.4 Å². The number of nitrogens with zero attached hydrogens (tertiary/aromatic N) is 7. The molecule has 1 aliphatic carbocycles. The van der Waals surface area contributed by atoms with Crippen LogP contribution in [0.5, 0.6) is 5.75 Å². The molecule has 3 aromatic rings. The number of ether oxygens (including phenoxy) is 1. The minimum absolute atomic E-state index is 0.301. The smallest absolute Gasteiger partial charge is 0.225 e. The topological polar surface area (TPSA) is 81.9 Å². The van der Waals surface area contributed by atoms with Crippen molar-refractivity contribution in [2.75, 3.05) is 24.6 Å². The molecule has 5 rings (SSSR count). The molecule has 0 bridgehead atoms. The predicted molar refractivity (Wildman–Crippen MR) is 113 cm³/mol. The highest BCUT2D eigenvalue weighted by atomic mass is 35.5. The molecule has 0 N–H and O–H groups in total. The van der Waals surface area contributed by atoms with Crippen molar-refractivity contribution in [1.29, 1.82) is 0 Å². The first-order chi connectivity index (χ1) is 15.2. The zero-order valence-electron chi connectivity index (χ0n) is 16.9. The molecule has 8 nitrogen and oxygen atoms in total. The van der Waals surface area contributed by atoms with Crippen molar-refractivity contribution in [2.45, 2.75) is 25.7 Å². The minimum Gasteiger partial charge on any atom is -0.493 e. The van der Waals surface area contributed by atoms with Crippen LogP contribution in [-0.2, 0) is 0 Å². The second kappa shape index (κ2) is 8.74. The Morgan fingerprint density at radius 2 is 1.97 bits per heavy atom. The van der Waals surface area contributed by atoms with Gasteiger partial charge in [-0.05, 0) is 66.0 Å². The molecule has 3 heterocycles. The molecule has 0 amide bonds. The third-order valence-electron chi connectivity index (χ3n) is 6.28. The van der Waals surface area contributed by atoms with Gasteiger partial charge in [0, 0.05) is 19.2 Å². The second-order valence-corrected chi connectivity index (χ2v) is 8.63. The monoisotopic (exact) mass is 443 g/mol. The number of hydrogen-bond acceptors (Lipinski definition) is 7. The molecule has 162 valence electrons. The maximum absolute atomic E-state index is 14.3. The summed E-state index contributed by atoms with van der Waals surface area (Å²) in [5, 5.41) is 11.3. The Morgan fingerprint density at radius 3 is 2.68 bits per heavy atom. The number of rotatable bonds is 7. The molecule has 10 heteroatoms. The van der Waals surface area contributed by atoms with Crippen LogP contribution in [0.25, 0.3) is 5.69 Å². The fraction of sp³-hybridized carbons (Fsp3) is 0.476. The van der Waals surface area contributed by atoms with Gasteiger partial charge in [-0.2, -0.15) is 4.68 Å². The van der Waals surface area contributed by atoms with Crippen LogP contribution in [0.15, 0.2) is 36.9 Å². The van der Waals surface area contributed by atoms with Gasteiger partial charge < -0.3 is 9.64 Å². The van der Waals surface area contributed by atoms with Crippen LogP contribution >= 0.6 is 11.6 Å². The van der Waals surface area contributed by atoms with Gasteiger partial charge in [0.25, 0.3) is 0 Å². The normalized spacial score (nSPS) is 21.3. The van der Waals surface area contributed by atoms with Crippen molar-refractivity contribution in [3.63, 3.8) is 0 Å². The summed E-state index contributed by atoms with van der Waals surface area (Å²) < 4.78 is 21.4. The van der Waals surface area contributed by atoms with Gasteiger partial charge in [-0.15, -0.1) is 5.10 Å². The number of anilines is 1. The van der Waals surface area contributed by atoms with Crippen molar-refractivity contribution in [2.24, 2.45) is 17.8 Å². The highest BCUT2D eigenvalue weighted by molar-refractivity contribution is 6.30. The summed E-state index contributed by atoms with van der Waals surface area (Å²) >= 11 is 5.88. The van der Waals surface area contributed by atoms with Gasteiger partial charge in [0.15, 0.2) is 5.82 Å². The molecule has 1 aliphatic heterocycles. The molecule has 1 saturated carbocycles. The average Bonchev–Trinajstić information content (AvgIpc) is 3.35. The Hall–Kier alpha value is -2.81. The molecule has 2 atom stereocenters. The van der Waals surface area contributed by atoms with E-state index in [0.29, 0.717) is 29.0 Å². The zero-order valence-corrected chi connectivity index (χ0v) is 17.7. The van der Waals surface area contributed by atoms with Crippen molar-refractivity contribution in [3.05, 3.63) is 47.8 Å². The third kappa shape index (κ3) is 4.61. The van der Waals surface area contributed by atoms with Crippen LogP contribution in [0.4, 0.5) is 10.3 Å². The van der Waals surface area contributed by atoms with Crippen LogP contribution < -0.4 is 9.64 Å². The molecule has 2 aliphatic rings. The molecule has 1 aromatic carbocycles. The van der Waals surface area contributed by atoms with E-state index in [1.165, 1.54) is 23.5 Å². The molecule has 0 unspecified atom stereocenters. The summed E-state index contributed by atoms with van der Waals surface area (Å²) in [6.07, 6.45) is 9.25. The number of hydrogen-bond donors (Lipinski definition) is 0. The first kappa shape index (κ1) is 20.1. The fourth-order valence-corrected chi connectivity index (χ4v) is 4.64. The lowest BCUT2D eigenvalue weighted by Gasteiger charge is -2.32. The summed E-state index contributed by atoms with van der Waals surface area (Å²) in [4.78, 5) is 10.9. The Bertz CT molecular complexity index is 1010. The van der Waals surface area contributed by atoms with Crippen LogP contribution in [0.3, 0.4) is 0 Å². The summed E-state index contributed by atoms with van der Waals surface area (Å²) in [6, 6.07) is 4.76. The Balaban J connectivity index is 1.05. The second-order valence-electron chi connectivity index (χ2n) is 8.19. The van der Waals surface area contributed by atoms with Gasteiger partial charge in [0.05, 0.1) is 24.0 Å². The first-order valence-electron chi connectivity index (χ1n) is 10.6. The number of halogens is 2. The number of piperidine rings is 1. The van der Waals surface area contributed by atoms with E-state index in [9.17, 15) is 4.39 Å². The van der Waals surface area contributed by atoms with Crippen LogP contribution in [0.1, 0.15) is 25.7 Å². The Kier molecular flexibility index (Phi) is 5.67. The summed E-state index contributed by atoms with van der Waals surface area (Å²) in [5.41, 5.74) is 0.301. The van der Waals surface area contributed by atoms with E-state index in [4.69, 9.17) is 16.3 Å². The lowest BCUT2D eigenvalue weighted by molar-refractivity contribution is 0.283. The minimum atomic E-state index is -0.412.